The van der Waals surface area contributed by atoms with Crippen molar-refractivity contribution in [3.8, 4) is 0 Å². The Hall–Kier alpha value is -1.06. The molecule has 1 aromatic carbocycles. The van der Waals surface area contributed by atoms with Gasteiger partial charge in [-0.1, -0.05) is 11.6 Å². The Morgan fingerprint density at radius 3 is 2.86 bits per heavy atom. The summed E-state index contributed by atoms with van der Waals surface area (Å²) in [6, 6.07) is 2.77. The number of rotatable bonds is 1. The fourth-order valence-electron chi connectivity index (χ4n) is 1.70. The summed E-state index contributed by atoms with van der Waals surface area (Å²) in [4.78, 5) is 0. The quantitative estimate of drug-likeness (QED) is 0.774. The Morgan fingerprint density at radius 2 is 2.21 bits per heavy atom. The third kappa shape index (κ3) is 1.29. The molecular formula is C10H10ClFN2. The van der Waals surface area contributed by atoms with E-state index >= 15 is 0 Å². The van der Waals surface area contributed by atoms with Crippen LogP contribution in [0.2, 0.25) is 5.02 Å². The summed E-state index contributed by atoms with van der Waals surface area (Å²) in [5, 5.41) is 1.21. The van der Waals surface area contributed by atoms with Gasteiger partial charge in [0.15, 0.2) is 0 Å². The summed E-state index contributed by atoms with van der Waals surface area (Å²) >= 11 is 5.94. The predicted octanol–water partition coefficient (Wildman–Crippen LogP) is 2.43. The second-order valence-electron chi connectivity index (χ2n) is 3.25. The molecule has 0 bridgehead atoms. The molecule has 1 heterocycles. The Bertz CT molecular complexity index is 490. The van der Waals surface area contributed by atoms with E-state index in [0.29, 0.717) is 11.6 Å². The van der Waals surface area contributed by atoms with Crippen LogP contribution in [-0.4, -0.2) is 4.57 Å². The van der Waals surface area contributed by atoms with Crippen LogP contribution in [0.4, 0.5) is 4.39 Å². The third-order valence-electron chi connectivity index (χ3n) is 2.30. The Kier molecular flexibility index (Phi) is 2.21. The van der Waals surface area contributed by atoms with Crippen molar-refractivity contribution in [1.29, 1.82) is 0 Å². The minimum atomic E-state index is -0.330. The molecule has 2 rings (SSSR count). The highest BCUT2D eigenvalue weighted by atomic mass is 35.5. The van der Waals surface area contributed by atoms with Gasteiger partial charge in [0.25, 0.3) is 0 Å². The molecule has 74 valence electrons. The SMILES string of the molecule is Cn1cc(CN)c2cc(F)cc(Cl)c21. The number of nitrogens with two attached hydrogens (primary N) is 1. The lowest BCUT2D eigenvalue weighted by Gasteiger charge is -1.99. The molecule has 0 atom stereocenters. The van der Waals surface area contributed by atoms with Crippen LogP contribution >= 0.6 is 11.6 Å². The van der Waals surface area contributed by atoms with E-state index in [-0.39, 0.29) is 5.82 Å². The van der Waals surface area contributed by atoms with Crippen LogP contribution in [0.3, 0.4) is 0 Å². The number of hydrogen-bond acceptors (Lipinski definition) is 1. The summed E-state index contributed by atoms with van der Waals surface area (Å²) in [6.45, 7) is 0.386. The first-order chi connectivity index (χ1) is 6.63. The van der Waals surface area contributed by atoms with E-state index < -0.39 is 0 Å². The van der Waals surface area contributed by atoms with Crippen LogP contribution in [0.1, 0.15) is 5.56 Å². The topological polar surface area (TPSA) is 30.9 Å². The summed E-state index contributed by atoms with van der Waals surface area (Å²) in [6.07, 6.45) is 1.87. The van der Waals surface area contributed by atoms with Gasteiger partial charge in [-0.2, -0.15) is 0 Å². The lowest BCUT2D eigenvalue weighted by Crippen LogP contribution is -1.94. The van der Waals surface area contributed by atoms with Gasteiger partial charge in [0.05, 0.1) is 10.5 Å². The highest BCUT2D eigenvalue weighted by Gasteiger charge is 2.10. The molecule has 0 unspecified atom stereocenters. The van der Waals surface area contributed by atoms with Crippen LogP contribution in [0.15, 0.2) is 18.3 Å². The van der Waals surface area contributed by atoms with Crippen LogP contribution in [-0.2, 0) is 13.6 Å². The average molecular weight is 213 g/mol. The van der Waals surface area contributed by atoms with Gasteiger partial charge in [0, 0.05) is 25.2 Å². The van der Waals surface area contributed by atoms with Gasteiger partial charge >= 0.3 is 0 Å². The van der Waals surface area contributed by atoms with Crippen LogP contribution in [0.25, 0.3) is 10.9 Å². The van der Waals surface area contributed by atoms with Crippen molar-refractivity contribution in [2.75, 3.05) is 0 Å². The van der Waals surface area contributed by atoms with Crippen molar-refractivity contribution >= 4 is 22.5 Å². The molecule has 14 heavy (non-hydrogen) atoms. The molecule has 0 aliphatic carbocycles. The highest BCUT2D eigenvalue weighted by molar-refractivity contribution is 6.35. The van der Waals surface area contributed by atoms with Crippen molar-refractivity contribution < 1.29 is 4.39 Å². The molecule has 0 aliphatic heterocycles. The summed E-state index contributed by atoms with van der Waals surface area (Å²) in [5.41, 5.74) is 7.28. The zero-order chi connectivity index (χ0) is 10.3. The fourth-order valence-corrected chi connectivity index (χ4v) is 2.04. The van der Waals surface area contributed by atoms with Crippen molar-refractivity contribution in [2.24, 2.45) is 12.8 Å². The maximum Gasteiger partial charge on any atom is 0.125 e. The van der Waals surface area contributed by atoms with Crippen molar-refractivity contribution in [3.63, 3.8) is 0 Å². The lowest BCUT2D eigenvalue weighted by atomic mass is 10.2. The zero-order valence-corrected chi connectivity index (χ0v) is 8.48. The lowest BCUT2D eigenvalue weighted by molar-refractivity contribution is 0.629. The van der Waals surface area contributed by atoms with Gasteiger partial charge in [-0.15, -0.1) is 0 Å². The highest BCUT2D eigenvalue weighted by Crippen LogP contribution is 2.28. The molecule has 0 saturated heterocycles. The average Bonchev–Trinajstić information content (AvgIpc) is 2.42. The van der Waals surface area contributed by atoms with E-state index in [1.807, 2.05) is 17.8 Å². The maximum absolute atomic E-state index is 13.1. The molecular weight excluding hydrogens is 203 g/mol. The Labute approximate surface area is 86.1 Å². The summed E-state index contributed by atoms with van der Waals surface area (Å²) < 4.78 is 14.9. The predicted molar refractivity (Wildman–Crippen MR) is 55.8 cm³/mol. The molecule has 0 saturated carbocycles. The number of hydrogen-bond donors (Lipinski definition) is 1. The Balaban J connectivity index is 2.89. The van der Waals surface area contributed by atoms with Crippen molar-refractivity contribution in [3.05, 3.63) is 34.7 Å². The number of aromatic nitrogens is 1. The van der Waals surface area contributed by atoms with Crippen molar-refractivity contribution in [2.45, 2.75) is 6.54 Å². The van der Waals surface area contributed by atoms with E-state index in [1.54, 1.807) is 0 Å². The number of fused-ring (bicyclic) bond motifs is 1. The monoisotopic (exact) mass is 212 g/mol. The smallest absolute Gasteiger partial charge is 0.125 e. The minimum absolute atomic E-state index is 0.330. The van der Waals surface area contributed by atoms with E-state index in [0.717, 1.165) is 16.5 Å². The summed E-state index contributed by atoms with van der Waals surface area (Å²) in [5.74, 6) is -0.330. The van der Waals surface area contributed by atoms with Gasteiger partial charge < -0.3 is 10.3 Å². The van der Waals surface area contributed by atoms with Crippen molar-refractivity contribution in [1.82, 2.24) is 4.57 Å². The maximum atomic E-state index is 13.1. The molecule has 0 amide bonds. The van der Waals surface area contributed by atoms with Gasteiger partial charge in [0.1, 0.15) is 5.82 Å². The zero-order valence-electron chi connectivity index (χ0n) is 7.72. The minimum Gasteiger partial charge on any atom is -0.349 e. The first-order valence-corrected chi connectivity index (χ1v) is 4.64. The molecule has 2 aromatic rings. The van der Waals surface area contributed by atoms with Gasteiger partial charge in [-0.25, -0.2) is 4.39 Å². The standard InChI is InChI=1S/C10H10ClFN2/c1-14-5-6(4-13)8-2-7(12)3-9(11)10(8)14/h2-3,5H,4,13H2,1H3. The molecule has 4 heteroatoms. The fraction of sp³-hybridized carbons (Fsp3) is 0.200. The van der Waals surface area contributed by atoms with E-state index in [2.05, 4.69) is 0 Å². The molecule has 2 N–H and O–H groups in total. The van der Waals surface area contributed by atoms with Crippen LogP contribution < -0.4 is 5.73 Å². The van der Waals surface area contributed by atoms with Crippen LogP contribution in [0.5, 0.6) is 0 Å². The second kappa shape index (κ2) is 3.26. The normalized spacial score (nSPS) is 11.1. The second-order valence-corrected chi connectivity index (χ2v) is 3.66. The Morgan fingerprint density at radius 1 is 1.50 bits per heavy atom. The van der Waals surface area contributed by atoms with Gasteiger partial charge in [0.2, 0.25) is 0 Å². The molecule has 0 aliphatic rings. The van der Waals surface area contributed by atoms with Gasteiger partial charge in [-0.3, -0.25) is 0 Å². The number of benzene rings is 1. The van der Waals surface area contributed by atoms with E-state index in [9.17, 15) is 4.39 Å². The number of nitrogens with zero attached hydrogens (tertiary/aromatic N) is 1. The molecule has 2 nitrogen and oxygen atoms in total. The number of halogens is 2. The van der Waals surface area contributed by atoms with Gasteiger partial charge in [-0.05, 0) is 17.7 Å². The first-order valence-electron chi connectivity index (χ1n) is 4.26. The van der Waals surface area contributed by atoms with E-state index in [1.165, 1.54) is 12.1 Å². The molecule has 0 fully saturated rings. The first kappa shape index (κ1) is 9.49. The number of aryl methyl sites for hydroxylation is 1. The molecule has 0 radical (unpaired) electrons. The molecule has 0 spiro atoms. The summed E-state index contributed by atoms with van der Waals surface area (Å²) in [7, 11) is 1.87. The molecule has 1 aromatic heterocycles. The van der Waals surface area contributed by atoms with E-state index in [4.69, 9.17) is 17.3 Å². The third-order valence-corrected chi connectivity index (χ3v) is 2.58. The van der Waals surface area contributed by atoms with Crippen LogP contribution in [0, 0.1) is 5.82 Å². The largest absolute Gasteiger partial charge is 0.349 e.